The predicted octanol–water partition coefficient (Wildman–Crippen LogP) is 1.29. The number of ether oxygens (including phenoxy) is 1. The Hall–Kier alpha value is -2.86. The summed E-state index contributed by atoms with van der Waals surface area (Å²) in [6.07, 6.45) is 3.60. The lowest BCUT2D eigenvalue weighted by atomic mass is 9.98. The lowest BCUT2D eigenvalue weighted by molar-refractivity contribution is -0.00127. The van der Waals surface area contributed by atoms with E-state index in [0.717, 1.165) is 0 Å². The number of hydrogen-bond donors (Lipinski definition) is 3. The average Bonchev–Trinajstić information content (AvgIpc) is 3.33. The van der Waals surface area contributed by atoms with E-state index in [1.807, 2.05) is 0 Å². The summed E-state index contributed by atoms with van der Waals surface area (Å²) >= 11 is 5.96. The highest BCUT2D eigenvalue weighted by Gasteiger charge is 2.44. The monoisotopic (exact) mass is 478 g/mol. The minimum Gasteiger partial charge on any atom is -0.388 e. The van der Waals surface area contributed by atoms with Crippen molar-refractivity contribution < 1.29 is 24.1 Å². The second kappa shape index (κ2) is 8.82. The number of nitrogens with zero attached hydrogens (tertiary/aromatic N) is 5. The number of aliphatic hydroxyl groups excluding tert-OH is 1. The number of halogens is 2. The van der Waals surface area contributed by atoms with E-state index in [0.29, 0.717) is 16.2 Å². The zero-order valence-corrected chi connectivity index (χ0v) is 18.7. The van der Waals surface area contributed by atoms with Gasteiger partial charge in [-0.3, -0.25) is 9.78 Å². The fourth-order valence-electron chi connectivity index (χ4n) is 3.86. The number of rotatable bonds is 7. The van der Waals surface area contributed by atoms with Crippen molar-refractivity contribution in [2.24, 2.45) is 5.73 Å². The molecule has 0 aliphatic carbocycles. The number of nitrogens with two attached hydrogens (primary N) is 1. The summed E-state index contributed by atoms with van der Waals surface area (Å²) in [7, 11) is 0. The van der Waals surface area contributed by atoms with Gasteiger partial charge in [0, 0.05) is 24.2 Å². The number of amides is 1. The highest BCUT2D eigenvalue weighted by molar-refractivity contribution is 6.30. The predicted molar refractivity (Wildman–Crippen MR) is 118 cm³/mol. The fraction of sp³-hybridized carbons (Fsp3) is 0.429. The van der Waals surface area contributed by atoms with E-state index in [1.54, 1.807) is 6.20 Å². The first-order chi connectivity index (χ1) is 15.6. The Morgan fingerprint density at radius 3 is 2.91 bits per heavy atom. The van der Waals surface area contributed by atoms with E-state index in [9.17, 15) is 19.4 Å². The van der Waals surface area contributed by atoms with Crippen LogP contribution in [0.5, 0.6) is 0 Å². The first-order valence-electron chi connectivity index (χ1n) is 10.2. The molecular weight excluding hydrogens is 455 g/mol. The molecule has 0 bridgehead atoms. The molecule has 0 radical (unpaired) electrons. The van der Waals surface area contributed by atoms with Crippen LogP contribution in [0.25, 0.3) is 5.65 Å². The normalized spacial score (nSPS) is 21.9. The highest BCUT2D eigenvalue weighted by atomic mass is 35.5. The molecular formula is C21H24ClFN6O4. The zero-order valence-electron chi connectivity index (χ0n) is 18.0. The third-order valence-electron chi connectivity index (χ3n) is 5.71. The first kappa shape index (κ1) is 23.3. The number of carbonyl (C=O) groups is 1. The van der Waals surface area contributed by atoms with Gasteiger partial charge < -0.3 is 25.6 Å². The van der Waals surface area contributed by atoms with Crippen molar-refractivity contribution >= 4 is 28.8 Å². The molecule has 4 heterocycles. The van der Waals surface area contributed by atoms with Gasteiger partial charge in [-0.2, -0.15) is 5.10 Å². The molecule has 4 atom stereocenters. The number of aliphatic hydroxyl groups is 2. The summed E-state index contributed by atoms with van der Waals surface area (Å²) < 4.78 is 22.4. The quantitative estimate of drug-likeness (QED) is 0.461. The van der Waals surface area contributed by atoms with Crippen molar-refractivity contribution in [3.05, 3.63) is 53.2 Å². The highest BCUT2D eigenvalue weighted by Crippen LogP contribution is 2.37. The Bertz CT molecular complexity index is 1170. The van der Waals surface area contributed by atoms with Crippen molar-refractivity contribution in [3.8, 4) is 0 Å². The van der Waals surface area contributed by atoms with Crippen LogP contribution in [-0.2, 0) is 4.74 Å². The molecule has 1 amide bonds. The Labute approximate surface area is 193 Å². The maximum absolute atomic E-state index is 15.0. The maximum Gasteiger partial charge on any atom is 0.252 e. The summed E-state index contributed by atoms with van der Waals surface area (Å²) in [5, 5.41) is 26.0. The number of alkyl halides is 1. The summed E-state index contributed by atoms with van der Waals surface area (Å²) in [6, 6.07) is 0.745. The molecule has 4 rings (SSSR count). The van der Waals surface area contributed by atoms with Gasteiger partial charge in [0.25, 0.3) is 5.91 Å². The summed E-state index contributed by atoms with van der Waals surface area (Å²) in [6.45, 7) is 2.37. The van der Waals surface area contributed by atoms with Crippen molar-refractivity contribution in [1.29, 1.82) is 0 Å². The lowest BCUT2D eigenvalue weighted by Crippen LogP contribution is -2.51. The van der Waals surface area contributed by atoms with Gasteiger partial charge in [0.1, 0.15) is 18.4 Å². The number of anilines is 1. The number of primary amides is 1. The molecule has 0 saturated carbocycles. The van der Waals surface area contributed by atoms with Crippen LogP contribution in [0.4, 0.5) is 10.1 Å². The van der Waals surface area contributed by atoms with E-state index < -0.39 is 35.9 Å². The molecule has 1 aliphatic rings. The minimum atomic E-state index is -1.71. The summed E-state index contributed by atoms with van der Waals surface area (Å²) in [5.74, 6) is -0.754. The Balaban J connectivity index is 1.71. The molecule has 1 saturated heterocycles. The molecule has 10 nitrogen and oxygen atoms in total. The SMILES string of the molecule is CC(C)(O)[C@H](F)CN(c1ccncc1C(N)=O)[C@@H]1COC(c2cnn3cc(Cl)cnc23)[C@H]1O. The van der Waals surface area contributed by atoms with Crippen LogP contribution in [0.3, 0.4) is 0 Å². The van der Waals surface area contributed by atoms with E-state index in [2.05, 4.69) is 15.1 Å². The largest absolute Gasteiger partial charge is 0.388 e. The third kappa shape index (κ3) is 4.49. The zero-order chi connectivity index (χ0) is 23.9. The molecule has 0 aromatic carbocycles. The van der Waals surface area contributed by atoms with Crippen molar-refractivity contribution in [3.63, 3.8) is 0 Å². The topological polar surface area (TPSA) is 139 Å². The van der Waals surface area contributed by atoms with Crippen molar-refractivity contribution in [2.75, 3.05) is 18.1 Å². The Morgan fingerprint density at radius 2 is 2.21 bits per heavy atom. The van der Waals surface area contributed by atoms with E-state index in [-0.39, 0.29) is 24.4 Å². The fourth-order valence-corrected chi connectivity index (χ4v) is 4.00. The average molecular weight is 479 g/mol. The van der Waals surface area contributed by atoms with E-state index in [4.69, 9.17) is 22.1 Å². The van der Waals surface area contributed by atoms with Crippen LogP contribution in [-0.4, -0.2) is 72.8 Å². The van der Waals surface area contributed by atoms with Gasteiger partial charge >= 0.3 is 0 Å². The van der Waals surface area contributed by atoms with Gasteiger partial charge in [0.2, 0.25) is 0 Å². The van der Waals surface area contributed by atoms with Crippen molar-refractivity contribution in [2.45, 2.75) is 43.9 Å². The van der Waals surface area contributed by atoms with Crippen LogP contribution in [0.1, 0.15) is 35.9 Å². The van der Waals surface area contributed by atoms with Gasteiger partial charge in [0.15, 0.2) is 5.65 Å². The first-order valence-corrected chi connectivity index (χ1v) is 10.6. The third-order valence-corrected chi connectivity index (χ3v) is 5.90. The van der Waals surface area contributed by atoms with Crippen LogP contribution in [0.2, 0.25) is 5.02 Å². The molecule has 3 aromatic heterocycles. The summed E-state index contributed by atoms with van der Waals surface area (Å²) in [5.41, 5.74) is 5.18. The van der Waals surface area contributed by atoms with Gasteiger partial charge in [-0.25, -0.2) is 13.9 Å². The molecule has 3 aromatic rings. The van der Waals surface area contributed by atoms with Crippen LogP contribution in [0, 0.1) is 0 Å². The van der Waals surface area contributed by atoms with E-state index >= 15 is 0 Å². The number of fused-ring (bicyclic) bond motifs is 1. The number of carbonyl (C=O) groups excluding carboxylic acids is 1. The molecule has 1 aliphatic heterocycles. The summed E-state index contributed by atoms with van der Waals surface area (Å²) in [4.78, 5) is 21.7. The molecule has 33 heavy (non-hydrogen) atoms. The molecule has 12 heteroatoms. The molecule has 0 spiro atoms. The number of hydrogen-bond acceptors (Lipinski definition) is 8. The van der Waals surface area contributed by atoms with Gasteiger partial charge in [-0.15, -0.1) is 0 Å². The second-order valence-corrected chi connectivity index (χ2v) is 8.92. The Kier molecular flexibility index (Phi) is 6.23. The lowest BCUT2D eigenvalue weighted by Gasteiger charge is -2.36. The molecule has 176 valence electrons. The standard InChI is InChI=1S/C21H24ClFN6O4/c1-21(2,32)16(23)9-28(14-3-4-25-6-12(14)19(24)31)15-10-33-18(17(15)30)13-7-27-29-8-11(22)5-26-20(13)29/h3-8,15-18,30,32H,9-10H2,1-2H3,(H2,24,31)/t15-,16-,17+,18?/m1/s1. The molecule has 4 N–H and O–H groups in total. The van der Waals surface area contributed by atoms with Crippen LogP contribution < -0.4 is 10.6 Å². The van der Waals surface area contributed by atoms with Crippen LogP contribution in [0.15, 0.2) is 37.1 Å². The minimum absolute atomic E-state index is 0.00979. The number of aromatic nitrogens is 4. The smallest absolute Gasteiger partial charge is 0.252 e. The Morgan fingerprint density at radius 1 is 1.45 bits per heavy atom. The number of pyridine rings is 1. The molecule has 1 fully saturated rings. The maximum atomic E-state index is 15.0. The molecule has 1 unspecified atom stereocenters. The second-order valence-electron chi connectivity index (χ2n) is 8.48. The van der Waals surface area contributed by atoms with Gasteiger partial charge in [-0.1, -0.05) is 11.6 Å². The van der Waals surface area contributed by atoms with E-state index in [1.165, 1.54) is 54.1 Å². The van der Waals surface area contributed by atoms with Gasteiger partial charge in [-0.05, 0) is 19.9 Å². The van der Waals surface area contributed by atoms with Gasteiger partial charge in [0.05, 0.1) is 53.5 Å². The van der Waals surface area contributed by atoms with Crippen molar-refractivity contribution in [1.82, 2.24) is 19.6 Å². The van der Waals surface area contributed by atoms with Crippen LogP contribution >= 0.6 is 11.6 Å².